The lowest BCUT2D eigenvalue weighted by Crippen LogP contribution is -2.53. The van der Waals surface area contributed by atoms with Crippen LogP contribution >= 0.6 is 23.2 Å². The van der Waals surface area contributed by atoms with Crippen LogP contribution in [-0.4, -0.2) is 70.3 Å². The predicted octanol–water partition coefficient (Wildman–Crippen LogP) is 5.97. The van der Waals surface area contributed by atoms with Gasteiger partial charge in [-0.1, -0.05) is 65.2 Å². The van der Waals surface area contributed by atoms with Crippen LogP contribution in [-0.2, 0) is 24.6 Å². The number of fused-ring (bicyclic) bond motifs is 4. The minimum absolute atomic E-state index is 0.00785. The molecule has 0 radical (unpaired) electrons. The number of aliphatic hydroxyl groups is 1. The number of halogens is 2. The largest absolute Gasteiger partial charge is 0.507 e. The second kappa shape index (κ2) is 14.6. The number of hydrogen-bond donors (Lipinski definition) is 4. The number of aliphatic hydroxyl groups excluding tert-OH is 1. The fourth-order valence-corrected chi connectivity index (χ4v) is 9.74. The molecule has 1 saturated carbocycles. The first-order chi connectivity index (χ1) is 27.4. The maximum atomic E-state index is 15.5. The topological polar surface area (TPSA) is 183 Å². The molecule has 4 aliphatic rings. The molecule has 57 heavy (non-hydrogen) atoms. The van der Waals surface area contributed by atoms with Gasteiger partial charge in [0, 0.05) is 22.6 Å². The normalized spacial score (nSPS) is 25.1. The van der Waals surface area contributed by atoms with E-state index in [4.69, 9.17) is 32.7 Å². The van der Waals surface area contributed by atoms with E-state index in [0.29, 0.717) is 33.2 Å². The average molecular weight is 813 g/mol. The number of phenols is 1. The summed E-state index contributed by atoms with van der Waals surface area (Å²) in [7, 11) is 1.51. The van der Waals surface area contributed by atoms with Crippen LogP contribution in [0.5, 0.6) is 17.2 Å². The molecule has 13 nitrogen and oxygen atoms in total. The lowest BCUT2D eigenvalue weighted by molar-refractivity contribution is -0.138. The fraction of sp³-hybridized carbons (Fsp3) is 0.262. The molecule has 3 fully saturated rings. The van der Waals surface area contributed by atoms with Crippen LogP contribution in [0, 0.1) is 23.7 Å². The number of ether oxygens (including phenoxy) is 2. The van der Waals surface area contributed by atoms with Gasteiger partial charge in [0.2, 0.25) is 11.8 Å². The third-order valence-electron chi connectivity index (χ3n) is 11.6. The van der Waals surface area contributed by atoms with Crippen molar-refractivity contribution >= 4 is 64.2 Å². The van der Waals surface area contributed by atoms with E-state index < -0.39 is 75.9 Å². The summed E-state index contributed by atoms with van der Waals surface area (Å²) in [6.45, 7) is -0.367. The van der Waals surface area contributed by atoms with E-state index in [0.717, 1.165) is 22.0 Å². The van der Waals surface area contributed by atoms with Crippen molar-refractivity contribution in [2.24, 2.45) is 23.7 Å². The number of hydrazine groups is 1. The Morgan fingerprint density at radius 2 is 1.68 bits per heavy atom. The Morgan fingerprint density at radius 1 is 0.930 bits per heavy atom. The average Bonchev–Trinajstić information content (AvgIpc) is 3.58. The molecule has 15 heteroatoms. The number of carbonyl (C=O) groups excluding carboxylic acids is 4. The monoisotopic (exact) mass is 811 g/mol. The first kappa shape index (κ1) is 38.0. The minimum atomic E-state index is -1.65. The Bertz CT molecular complexity index is 2390. The molecule has 0 unspecified atom stereocenters. The highest BCUT2D eigenvalue weighted by molar-refractivity contribution is 6.36. The standard InChI is InChI=1S/C42H35Cl2N3O10/c1-56-24-10-6-21(7-11-24)42-30(38(51)47(41(42)55)45-32-15-8-22(43)18-31(32)44)20-29-25(36(42)27-4-2-3-5-34(27)57-17-16-48)13-14-28-35(29)39(52)46(37(28)50)23-9-12-26(40(53)54)33(49)19-23/h2-13,15,18-19,28-30,35-36,45,48-49H,14,16-17,20H2,1H3,(H,53,54)/t28-,29+,30-,35-,36+,42+/m0/s1. The third kappa shape index (κ3) is 5.91. The Balaban J connectivity index is 1.32. The van der Waals surface area contributed by atoms with E-state index in [1.807, 2.05) is 6.08 Å². The molecule has 4 aromatic rings. The van der Waals surface area contributed by atoms with E-state index in [9.17, 15) is 29.7 Å². The number of anilines is 2. The summed E-state index contributed by atoms with van der Waals surface area (Å²) in [5, 5.41) is 31.2. The minimum Gasteiger partial charge on any atom is -0.507 e. The van der Waals surface area contributed by atoms with Gasteiger partial charge in [-0.05, 0) is 72.9 Å². The number of allylic oxidation sites excluding steroid dienone is 2. The molecular formula is C42H35Cl2N3O10. The lowest BCUT2D eigenvalue weighted by Gasteiger charge is -2.50. The molecule has 2 heterocycles. The van der Waals surface area contributed by atoms with Crippen molar-refractivity contribution in [3.63, 3.8) is 0 Å². The number of nitrogens with zero attached hydrogens (tertiary/aromatic N) is 2. The number of aromatic carboxylic acids is 1. The molecule has 2 saturated heterocycles. The zero-order valence-corrected chi connectivity index (χ0v) is 31.7. The van der Waals surface area contributed by atoms with Crippen LogP contribution in [0.2, 0.25) is 10.0 Å². The second-order valence-electron chi connectivity index (χ2n) is 14.3. The summed E-state index contributed by atoms with van der Waals surface area (Å²) >= 11 is 12.7. The second-order valence-corrected chi connectivity index (χ2v) is 15.2. The predicted molar refractivity (Wildman–Crippen MR) is 207 cm³/mol. The van der Waals surface area contributed by atoms with Crippen LogP contribution in [0.15, 0.2) is 96.6 Å². The van der Waals surface area contributed by atoms with Crippen LogP contribution in [0.25, 0.3) is 0 Å². The quantitative estimate of drug-likeness (QED) is 0.109. The van der Waals surface area contributed by atoms with Crippen LogP contribution < -0.4 is 19.8 Å². The summed E-state index contributed by atoms with van der Waals surface area (Å²) in [6, 6.07) is 22.0. The first-order valence-corrected chi connectivity index (χ1v) is 18.9. The number of imide groups is 2. The summed E-state index contributed by atoms with van der Waals surface area (Å²) in [4.78, 5) is 71.9. The van der Waals surface area contributed by atoms with E-state index >= 15 is 9.59 Å². The van der Waals surface area contributed by atoms with Crippen molar-refractivity contribution in [3.05, 3.63) is 123 Å². The van der Waals surface area contributed by atoms with Crippen molar-refractivity contribution in [3.8, 4) is 17.2 Å². The van der Waals surface area contributed by atoms with E-state index in [1.165, 1.54) is 19.2 Å². The van der Waals surface area contributed by atoms with Crippen molar-refractivity contribution in [2.45, 2.75) is 24.2 Å². The molecule has 0 aromatic heterocycles. The zero-order chi connectivity index (χ0) is 40.3. The summed E-state index contributed by atoms with van der Waals surface area (Å²) in [5.41, 5.74) is 2.85. The van der Waals surface area contributed by atoms with Gasteiger partial charge in [-0.25, -0.2) is 9.69 Å². The highest BCUT2D eigenvalue weighted by Crippen LogP contribution is 2.65. The van der Waals surface area contributed by atoms with Gasteiger partial charge < -0.3 is 24.8 Å². The number of benzene rings is 4. The van der Waals surface area contributed by atoms with Crippen molar-refractivity contribution in [2.75, 3.05) is 30.6 Å². The molecule has 4 amide bonds. The smallest absolute Gasteiger partial charge is 0.339 e. The van der Waals surface area contributed by atoms with Gasteiger partial charge in [0.1, 0.15) is 29.4 Å². The molecule has 8 rings (SSSR count). The number of rotatable bonds is 10. The van der Waals surface area contributed by atoms with Gasteiger partial charge in [-0.15, -0.1) is 0 Å². The Hall–Kier alpha value is -5.89. The number of carbonyl (C=O) groups is 5. The summed E-state index contributed by atoms with van der Waals surface area (Å²) in [6.07, 6.45) is 1.98. The van der Waals surface area contributed by atoms with E-state index in [2.05, 4.69) is 5.43 Å². The van der Waals surface area contributed by atoms with E-state index in [-0.39, 0.29) is 42.5 Å². The number of carboxylic acid groups (broad SMARTS) is 1. The number of amides is 4. The molecule has 4 aromatic carbocycles. The Morgan fingerprint density at radius 3 is 2.37 bits per heavy atom. The van der Waals surface area contributed by atoms with Gasteiger partial charge in [-0.2, -0.15) is 5.01 Å². The van der Waals surface area contributed by atoms with Crippen molar-refractivity contribution < 1.29 is 48.8 Å². The Labute approximate surface area is 336 Å². The van der Waals surface area contributed by atoms with Gasteiger partial charge in [0.05, 0.1) is 53.3 Å². The van der Waals surface area contributed by atoms with Crippen LogP contribution in [0.1, 0.15) is 40.2 Å². The number of hydrogen-bond acceptors (Lipinski definition) is 10. The molecule has 6 atom stereocenters. The SMILES string of the molecule is COc1ccc([C@@]23C(=O)N(Nc4ccc(Cl)cc4Cl)C(=O)[C@@H]2C[C@@H]2C(=CC[C@@H]4C(=O)N(c5ccc(C(=O)O)c(O)c5)C(=O)[C@@H]42)[C@@H]3c2ccccc2OCCO)cc1. The lowest BCUT2D eigenvalue weighted by atomic mass is 9.49. The fourth-order valence-electron chi connectivity index (χ4n) is 9.29. The van der Waals surface area contributed by atoms with Crippen molar-refractivity contribution in [1.82, 2.24) is 5.01 Å². The number of aromatic hydroxyl groups is 1. The number of methoxy groups -OCH3 is 1. The molecule has 0 bridgehead atoms. The van der Waals surface area contributed by atoms with Gasteiger partial charge in [0.15, 0.2) is 0 Å². The molecule has 2 aliphatic heterocycles. The number of carboxylic acids is 1. The molecular weight excluding hydrogens is 777 g/mol. The molecule has 0 spiro atoms. The summed E-state index contributed by atoms with van der Waals surface area (Å²) < 4.78 is 11.6. The maximum Gasteiger partial charge on any atom is 0.339 e. The van der Waals surface area contributed by atoms with Gasteiger partial charge in [-0.3, -0.25) is 24.6 Å². The first-order valence-electron chi connectivity index (χ1n) is 18.1. The van der Waals surface area contributed by atoms with Gasteiger partial charge in [0.25, 0.3) is 11.8 Å². The van der Waals surface area contributed by atoms with E-state index in [1.54, 1.807) is 60.7 Å². The number of para-hydroxylation sites is 1. The maximum absolute atomic E-state index is 15.5. The van der Waals surface area contributed by atoms with Crippen LogP contribution in [0.4, 0.5) is 11.4 Å². The zero-order valence-electron chi connectivity index (χ0n) is 30.2. The highest BCUT2D eigenvalue weighted by Gasteiger charge is 2.70. The Kier molecular flexibility index (Phi) is 9.71. The van der Waals surface area contributed by atoms with Crippen molar-refractivity contribution in [1.29, 1.82) is 0 Å². The molecule has 292 valence electrons. The number of nitrogens with one attached hydrogen (secondary N) is 1. The highest BCUT2D eigenvalue weighted by atomic mass is 35.5. The molecule has 4 N–H and O–H groups in total. The molecule has 2 aliphatic carbocycles. The summed E-state index contributed by atoms with van der Waals surface area (Å²) in [5.74, 6) is -8.04. The third-order valence-corrected chi connectivity index (χ3v) is 12.2. The van der Waals surface area contributed by atoms with Gasteiger partial charge >= 0.3 is 5.97 Å². The van der Waals surface area contributed by atoms with Crippen LogP contribution in [0.3, 0.4) is 0 Å².